The van der Waals surface area contributed by atoms with E-state index in [9.17, 15) is 14.4 Å². The van der Waals surface area contributed by atoms with Gasteiger partial charge in [-0.1, -0.05) is 0 Å². The molecule has 0 saturated carbocycles. The molecule has 0 N–H and O–H groups in total. The Morgan fingerprint density at radius 3 is 2.32 bits per heavy atom. The molecule has 1 heterocycles. The van der Waals surface area contributed by atoms with Crippen LogP contribution in [0.3, 0.4) is 0 Å². The van der Waals surface area contributed by atoms with E-state index >= 15 is 0 Å². The minimum atomic E-state index is -0.462. The van der Waals surface area contributed by atoms with Gasteiger partial charge in [0.2, 0.25) is 11.8 Å². The van der Waals surface area contributed by atoms with Crippen LogP contribution in [0.4, 0.5) is 11.4 Å². The Morgan fingerprint density at radius 2 is 1.77 bits per heavy atom. The van der Waals surface area contributed by atoms with Crippen LogP contribution in [0.5, 0.6) is 0 Å². The number of hydrogen-bond acceptors (Lipinski definition) is 4. The van der Waals surface area contributed by atoms with Crippen molar-refractivity contribution in [3.63, 3.8) is 0 Å². The Bertz CT molecular complexity index is 639. The lowest BCUT2D eigenvalue weighted by Crippen LogP contribution is -2.49. The summed E-state index contributed by atoms with van der Waals surface area (Å²) in [6.07, 6.45) is 0. The maximum absolute atomic E-state index is 12.3. The van der Waals surface area contributed by atoms with E-state index in [1.54, 1.807) is 6.92 Å². The molecule has 1 aromatic carbocycles. The molecule has 0 spiro atoms. The van der Waals surface area contributed by atoms with Gasteiger partial charge >= 0.3 is 5.97 Å². The number of esters is 1. The average molecular weight is 304 g/mol. The van der Waals surface area contributed by atoms with Crippen LogP contribution in [0.25, 0.3) is 0 Å². The first-order valence-electron chi connectivity index (χ1n) is 7.20. The molecule has 22 heavy (non-hydrogen) atoms. The van der Waals surface area contributed by atoms with Crippen molar-refractivity contribution in [2.45, 2.75) is 27.7 Å². The lowest BCUT2D eigenvalue weighted by atomic mass is 10.0. The van der Waals surface area contributed by atoms with Crippen molar-refractivity contribution in [2.24, 2.45) is 0 Å². The van der Waals surface area contributed by atoms with Gasteiger partial charge in [0, 0.05) is 6.92 Å². The van der Waals surface area contributed by atoms with Crippen molar-refractivity contribution in [3.05, 3.63) is 23.3 Å². The van der Waals surface area contributed by atoms with Gasteiger partial charge in [-0.05, 0) is 44.0 Å². The largest absolute Gasteiger partial charge is 0.465 e. The molecular weight excluding hydrogens is 284 g/mol. The number of ether oxygens (including phenoxy) is 1. The van der Waals surface area contributed by atoms with Gasteiger partial charge < -0.3 is 9.64 Å². The summed E-state index contributed by atoms with van der Waals surface area (Å²) in [5.74, 6) is -0.955. The Kier molecular flexibility index (Phi) is 4.49. The molecular formula is C16H20N2O4. The summed E-state index contributed by atoms with van der Waals surface area (Å²) in [4.78, 5) is 38.7. The number of anilines is 2. The molecule has 2 amide bonds. The summed E-state index contributed by atoms with van der Waals surface area (Å²) in [6, 6.07) is 3.70. The summed E-state index contributed by atoms with van der Waals surface area (Å²) < 4.78 is 4.92. The SMILES string of the molecule is CCOC(=O)CN1C(=O)CN(C(C)=O)c2cc(C)c(C)cc21. The van der Waals surface area contributed by atoms with Crippen LogP contribution in [0, 0.1) is 13.8 Å². The molecule has 0 bridgehead atoms. The Hall–Kier alpha value is -2.37. The third-order valence-electron chi connectivity index (χ3n) is 3.74. The number of carbonyl (C=O) groups is 3. The van der Waals surface area contributed by atoms with Crippen molar-refractivity contribution in [3.8, 4) is 0 Å². The fourth-order valence-electron chi connectivity index (χ4n) is 2.45. The summed E-state index contributed by atoms with van der Waals surface area (Å²) in [5, 5.41) is 0. The third kappa shape index (κ3) is 2.95. The molecule has 0 aliphatic carbocycles. The van der Waals surface area contributed by atoms with Crippen LogP contribution in [-0.2, 0) is 19.1 Å². The molecule has 0 fully saturated rings. The second-order valence-corrected chi connectivity index (χ2v) is 5.32. The highest BCUT2D eigenvalue weighted by Gasteiger charge is 2.33. The van der Waals surface area contributed by atoms with E-state index in [2.05, 4.69) is 0 Å². The second kappa shape index (κ2) is 6.17. The van der Waals surface area contributed by atoms with Crippen molar-refractivity contribution in [1.29, 1.82) is 0 Å². The van der Waals surface area contributed by atoms with Crippen molar-refractivity contribution < 1.29 is 19.1 Å². The number of aryl methyl sites for hydroxylation is 2. The van der Waals surface area contributed by atoms with Gasteiger partial charge in [0.15, 0.2) is 0 Å². The molecule has 0 saturated heterocycles. The highest BCUT2D eigenvalue weighted by Crippen LogP contribution is 2.36. The molecule has 2 rings (SSSR count). The van der Waals surface area contributed by atoms with Crippen LogP contribution in [0.15, 0.2) is 12.1 Å². The van der Waals surface area contributed by atoms with Gasteiger partial charge in [-0.3, -0.25) is 19.3 Å². The van der Waals surface area contributed by atoms with Crippen molar-refractivity contribution >= 4 is 29.2 Å². The number of amides is 2. The van der Waals surface area contributed by atoms with Crippen LogP contribution in [-0.4, -0.2) is 37.5 Å². The zero-order chi connectivity index (χ0) is 16.4. The smallest absolute Gasteiger partial charge is 0.326 e. The Labute approximate surface area is 129 Å². The number of rotatable bonds is 3. The van der Waals surface area contributed by atoms with Crippen LogP contribution < -0.4 is 9.80 Å². The van der Waals surface area contributed by atoms with Gasteiger partial charge in [0.05, 0.1) is 18.0 Å². The minimum Gasteiger partial charge on any atom is -0.465 e. The van der Waals surface area contributed by atoms with Gasteiger partial charge in [-0.25, -0.2) is 0 Å². The summed E-state index contributed by atoms with van der Waals surface area (Å²) in [6.45, 7) is 7.07. The molecule has 0 aromatic heterocycles. The Morgan fingerprint density at radius 1 is 1.18 bits per heavy atom. The molecule has 0 radical (unpaired) electrons. The monoisotopic (exact) mass is 304 g/mol. The molecule has 1 aliphatic rings. The van der Waals surface area contributed by atoms with E-state index in [1.807, 2.05) is 26.0 Å². The number of nitrogens with zero attached hydrogens (tertiary/aromatic N) is 2. The van der Waals surface area contributed by atoms with E-state index in [1.165, 1.54) is 16.7 Å². The van der Waals surface area contributed by atoms with Crippen molar-refractivity contribution in [1.82, 2.24) is 0 Å². The fraction of sp³-hybridized carbons (Fsp3) is 0.438. The highest BCUT2D eigenvalue weighted by molar-refractivity contribution is 6.12. The first-order valence-corrected chi connectivity index (χ1v) is 7.20. The molecule has 6 heteroatoms. The fourth-order valence-corrected chi connectivity index (χ4v) is 2.45. The zero-order valence-electron chi connectivity index (χ0n) is 13.3. The molecule has 0 atom stereocenters. The molecule has 1 aromatic rings. The van der Waals surface area contributed by atoms with Gasteiger partial charge in [0.25, 0.3) is 0 Å². The minimum absolute atomic E-state index is 0.0652. The molecule has 6 nitrogen and oxygen atoms in total. The van der Waals surface area contributed by atoms with E-state index in [0.29, 0.717) is 11.4 Å². The number of benzene rings is 1. The normalized spacial score (nSPS) is 13.9. The van der Waals surface area contributed by atoms with E-state index in [0.717, 1.165) is 11.1 Å². The first-order chi connectivity index (χ1) is 10.3. The van der Waals surface area contributed by atoms with Crippen LogP contribution >= 0.6 is 0 Å². The predicted molar refractivity (Wildman–Crippen MR) is 82.9 cm³/mol. The van der Waals surface area contributed by atoms with Gasteiger partial charge in [-0.2, -0.15) is 0 Å². The number of fused-ring (bicyclic) bond motifs is 1. The lowest BCUT2D eigenvalue weighted by molar-refractivity contribution is -0.142. The number of hydrogen-bond donors (Lipinski definition) is 0. The molecule has 1 aliphatic heterocycles. The van der Waals surface area contributed by atoms with E-state index in [-0.39, 0.29) is 31.5 Å². The van der Waals surface area contributed by atoms with E-state index < -0.39 is 5.97 Å². The first kappa shape index (κ1) is 16.0. The quantitative estimate of drug-likeness (QED) is 0.795. The van der Waals surface area contributed by atoms with Crippen LogP contribution in [0.2, 0.25) is 0 Å². The Balaban J connectivity index is 2.47. The molecule has 0 unspecified atom stereocenters. The topological polar surface area (TPSA) is 66.9 Å². The van der Waals surface area contributed by atoms with Gasteiger partial charge in [0.1, 0.15) is 13.1 Å². The second-order valence-electron chi connectivity index (χ2n) is 5.32. The molecule has 118 valence electrons. The van der Waals surface area contributed by atoms with Gasteiger partial charge in [-0.15, -0.1) is 0 Å². The standard InChI is InChI=1S/C16H20N2O4/c1-5-22-16(21)9-18-14-7-11(3)10(2)6-13(14)17(12(4)19)8-15(18)20/h6-7H,5,8-9H2,1-4H3. The van der Waals surface area contributed by atoms with Crippen molar-refractivity contribution in [2.75, 3.05) is 29.5 Å². The van der Waals surface area contributed by atoms with Crippen LogP contribution in [0.1, 0.15) is 25.0 Å². The third-order valence-corrected chi connectivity index (χ3v) is 3.74. The van der Waals surface area contributed by atoms with E-state index in [4.69, 9.17) is 4.74 Å². The zero-order valence-corrected chi connectivity index (χ0v) is 13.3. The highest BCUT2D eigenvalue weighted by atomic mass is 16.5. The summed E-state index contributed by atoms with van der Waals surface area (Å²) in [5.41, 5.74) is 3.24. The summed E-state index contributed by atoms with van der Waals surface area (Å²) >= 11 is 0. The summed E-state index contributed by atoms with van der Waals surface area (Å²) in [7, 11) is 0. The number of carbonyl (C=O) groups excluding carboxylic acids is 3. The average Bonchev–Trinajstić information content (AvgIpc) is 2.44. The predicted octanol–water partition coefficient (Wildman–Crippen LogP) is 1.57. The maximum atomic E-state index is 12.3. The maximum Gasteiger partial charge on any atom is 0.326 e. The lowest BCUT2D eigenvalue weighted by Gasteiger charge is -2.35.